The molecular weight excluding hydrogens is 1080 g/mol. The van der Waals surface area contributed by atoms with Gasteiger partial charge in [-0.15, -0.1) is 0 Å². The number of allylic oxidation sites excluding steroid dienone is 2. The number of nitrogens with zero attached hydrogens (tertiary/aromatic N) is 7. The number of carbonyl (C=O) groups excluding carboxylic acids is 11. The predicted molar refractivity (Wildman–Crippen MR) is 324 cm³/mol. The van der Waals surface area contributed by atoms with E-state index in [-0.39, 0.29) is 43.4 Å². The maximum atomic E-state index is 15.1. The summed E-state index contributed by atoms with van der Waals surface area (Å²) >= 11 is 0. The molecule has 23 nitrogen and oxygen atoms in total. The van der Waals surface area contributed by atoms with Crippen molar-refractivity contribution in [2.24, 2.45) is 41.4 Å². The summed E-state index contributed by atoms with van der Waals surface area (Å²) in [5.74, 6) is -10.1. The lowest BCUT2D eigenvalue weighted by Crippen LogP contribution is -2.63. The Labute approximate surface area is 502 Å². The van der Waals surface area contributed by atoms with Crippen LogP contribution in [0, 0.1) is 41.4 Å². The van der Waals surface area contributed by atoms with Crippen LogP contribution in [0.5, 0.6) is 0 Å². The SMILES string of the molecule is C/C=C/C[C@@H](C)[C@@H](O)[C@H]1C(=O)N[C@@H](CC)C(=O)N(C)CC(=O)N(C)[C@H](C(C)C)C(=O)N[C@@H](C(C)C)C(=O)N(C)[C@@H](C)C(=O)N[C@@H](CC(C)C)C(=O)N[C@H](C)C(=O)N(C)[C@@H](CC(C)C)C(=O)N(C)[C@@H](CC(C)C)C(=O)N(C)[C@@H](C(C)C)C(=O)N1C. The Morgan fingerprint density at radius 1 is 0.476 bits per heavy atom. The molecule has 12 atom stereocenters. The quantitative estimate of drug-likeness (QED) is 0.157. The van der Waals surface area contributed by atoms with Crippen molar-refractivity contribution < 1.29 is 57.8 Å². The van der Waals surface area contributed by atoms with Crippen molar-refractivity contribution in [2.45, 2.75) is 216 Å². The number of nitrogens with one attached hydrogen (secondary N) is 4. The van der Waals surface area contributed by atoms with Gasteiger partial charge in [-0.25, -0.2) is 0 Å². The molecule has 1 aliphatic rings. The molecule has 0 bridgehead atoms. The van der Waals surface area contributed by atoms with Crippen molar-refractivity contribution >= 4 is 65.0 Å². The molecule has 1 saturated heterocycles. The fraction of sp³-hybridized carbons (Fsp3) is 0.787. The van der Waals surface area contributed by atoms with E-state index >= 15 is 9.59 Å². The van der Waals surface area contributed by atoms with E-state index < -0.39 is 162 Å². The third-order valence-electron chi connectivity index (χ3n) is 16.0. The third-order valence-corrected chi connectivity index (χ3v) is 16.0. The summed E-state index contributed by atoms with van der Waals surface area (Å²) in [7, 11) is 9.85. The van der Waals surface area contributed by atoms with Gasteiger partial charge in [0, 0.05) is 49.3 Å². The van der Waals surface area contributed by atoms with Crippen molar-refractivity contribution in [2.75, 3.05) is 55.9 Å². The van der Waals surface area contributed by atoms with Crippen LogP contribution in [0.4, 0.5) is 0 Å². The number of carbonyl (C=O) groups is 11. The number of likely N-dealkylation sites (N-methyl/N-ethyl adjacent to an activating group) is 7. The van der Waals surface area contributed by atoms with E-state index in [4.69, 9.17) is 0 Å². The molecule has 1 fully saturated rings. The summed E-state index contributed by atoms with van der Waals surface area (Å²) in [6.07, 6.45) is 2.86. The zero-order valence-electron chi connectivity index (χ0n) is 55.4. The smallest absolute Gasteiger partial charge is 0.246 e. The summed E-state index contributed by atoms with van der Waals surface area (Å²) in [5.41, 5.74) is 0. The van der Waals surface area contributed by atoms with Gasteiger partial charge in [0.15, 0.2) is 0 Å². The Morgan fingerprint density at radius 2 is 0.929 bits per heavy atom. The summed E-state index contributed by atoms with van der Waals surface area (Å²) < 4.78 is 0. The van der Waals surface area contributed by atoms with Crippen LogP contribution in [-0.2, 0) is 52.7 Å². The highest BCUT2D eigenvalue weighted by atomic mass is 16.3. The molecule has 11 amide bonds. The van der Waals surface area contributed by atoms with Gasteiger partial charge in [-0.2, -0.15) is 0 Å². The highest BCUT2D eigenvalue weighted by Gasteiger charge is 2.45. The van der Waals surface area contributed by atoms with Gasteiger partial charge in [0.25, 0.3) is 0 Å². The van der Waals surface area contributed by atoms with Crippen LogP contribution in [0.15, 0.2) is 12.2 Å². The van der Waals surface area contributed by atoms with Gasteiger partial charge in [-0.3, -0.25) is 52.7 Å². The number of rotatable bonds is 14. The Bertz CT molecular complexity index is 2310. The van der Waals surface area contributed by atoms with Crippen molar-refractivity contribution in [1.29, 1.82) is 0 Å². The highest BCUT2D eigenvalue weighted by Crippen LogP contribution is 2.25. The number of hydrogen-bond acceptors (Lipinski definition) is 12. The second-order valence-corrected chi connectivity index (χ2v) is 25.6. The number of amides is 11. The normalized spacial score (nSPS) is 27.1. The zero-order chi connectivity index (χ0) is 65.3. The van der Waals surface area contributed by atoms with Crippen LogP contribution >= 0.6 is 0 Å². The van der Waals surface area contributed by atoms with Gasteiger partial charge in [0.05, 0.1) is 12.6 Å². The van der Waals surface area contributed by atoms with Crippen molar-refractivity contribution in [3.8, 4) is 0 Å². The van der Waals surface area contributed by atoms with Crippen LogP contribution in [0.2, 0.25) is 0 Å². The van der Waals surface area contributed by atoms with Crippen LogP contribution in [0.25, 0.3) is 0 Å². The molecule has 0 unspecified atom stereocenters. The largest absolute Gasteiger partial charge is 0.390 e. The van der Waals surface area contributed by atoms with Gasteiger partial charge in [-0.05, 0) is 94.3 Å². The summed E-state index contributed by atoms with van der Waals surface area (Å²) in [6, 6.07) is -12.4. The average Bonchev–Trinajstić information content (AvgIpc) is 3.32. The first-order valence-electron chi connectivity index (χ1n) is 30.1. The number of aliphatic hydroxyl groups excluding tert-OH is 1. The van der Waals surface area contributed by atoms with E-state index in [1.165, 1.54) is 82.8 Å². The molecule has 0 aromatic rings. The Hall–Kier alpha value is -6.13. The number of aliphatic hydroxyl groups is 1. The predicted octanol–water partition coefficient (Wildman–Crippen LogP) is 2.88. The zero-order valence-corrected chi connectivity index (χ0v) is 55.4. The van der Waals surface area contributed by atoms with E-state index in [0.29, 0.717) is 6.42 Å². The Kier molecular flexibility index (Phi) is 30.8. The standard InChI is InChI=1S/C61H109N11O12/c1-25-27-28-39(15)51(74)50-55(78)63-42(26-2)57(80)66(18)32-46(73)70(22)48(37(11)12)54(77)65-47(36(9)10)60(83)67(19)41(17)52(75)64-43(29-33(3)4)53(76)62-40(16)56(79)68(20)44(30-34(5)6)58(81)69(21)45(31-35(7)8)59(82)71(23)49(38(13)14)61(84)72(50)24/h25,27,33-45,47-51,74H,26,28-32H2,1-24H3,(H,62,76)(H,63,78)(H,64,75)(H,65,77)/b27-25+/t39-,40-,41+,42+,43+,44+,45+,47+,48-,49+,50+,51-/m1/s1. The lowest BCUT2D eigenvalue weighted by Gasteiger charge is -2.41. The second kappa shape index (κ2) is 34.1. The van der Waals surface area contributed by atoms with Gasteiger partial charge in [0.2, 0.25) is 65.0 Å². The Morgan fingerprint density at radius 3 is 1.38 bits per heavy atom. The molecule has 5 N–H and O–H groups in total. The molecule has 0 aromatic heterocycles. The van der Waals surface area contributed by atoms with E-state index in [0.717, 1.165) is 14.7 Å². The molecule has 0 saturated carbocycles. The Balaban J connectivity index is 4.31. The van der Waals surface area contributed by atoms with Crippen LogP contribution in [0.1, 0.15) is 150 Å². The second-order valence-electron chi connectivity index (χ2n) is 25.6. The van der Waals surface area contributed by atoms with E-state index in [9.17, 15) is 48.3 Å². The lowest BCUT2D eigenvalue weighted by atomic mass is 9.91. The molecule has 0 spiro atoms. The maximum Gasteiger partial charge on any atom is 0.246 e. The fourth-order valence-electron chi connectivity index (χ4n) is 10.6. The molecule has 480 valence electrons. The van der Waals surface area contributed by atoms with E-state index in [1.54, 1.807) is 74.5 Å². The number of hydrogen-bond donors (Lipinski definition) is 5. The first-order chi connectivity index (χ1) is 38.7. The molecule has 0 radical (unpaired) electrons. The molecular formula is C61H109N11O12. The topological polar surface area (TPSA) is 279 Å². The lowest BCUT2D eigenvalue weighted by molar-refractivity contribution is -0.157. The summed E-state index contributed by atoms with van der Waals surface area (Å²) in [6.45, 7) is 29.0. The molecule has 1 rings (SSSR count). The minimum atomic E-state index is -1.61. The van der Waals surface area contributed by atoms with E-state index in [2.05, 4.69) is 21.3 Å². The fourth-order valence-corrected chi connectivity index (χ4v) is 10.6. The first kappa shape index (κ1) is 75.9. The van der Waals surface area contributed by atoms with Crippen LogP contribution in [0.3, 0.4) is 0 Å². The molecule has 84 heavy (non-hydrogen) atoms. The van der Waals surface area contributed by atoms with Crippen LogP contribution in [-0.4, -0.2) is 227 Å². The maximum absolute atomic E-state index is 15.1. The molecule has 23 heteroatoms. The van der Waals surface area contributed by atoms with Crippen molar-refractivity contribution in [1.82, 2.24) is 55.6 Å². The van der Waals surface area contributed by atoms with Crippen LogP contribution < -0.4 is 21.3 Å². The van der Waals surface area contributed by atoms with Gasteiger partial charge in [0.1, 0.15) is 60.4 Å². The van der Waals surface area contributed by atoms with Crippen molar-refractivity contribution in [3.63, 3.8) is 0 Å². The van der Waals surface area contributed by atoms with E-state index in [1.807, 2.05) is 41.5 Å². The minimum absolute atomic E-state index is 0.0216. The molecule has 1 aliphatic heterocycles. The molecule has 0 aliphatic carbocycles. The first-order valence-corrected chi connectivity index (χ1v) is 30.1. The van der Waals surface area contributed by atoms with Gasteiger partial charge < -0.3 is 60.7 Å². The van der Waals surface area contributed by atoms with Gasteiger partial charge in [-0.1, -0.05) is 109 Å². The monoisotopic (exact) mass is 1190 g/mol. The molecule has 1 heterocycles. The highest BCUT2D eigenvalue weighted by molar-refractivity contribution is 5.99. The molecule has 0 aromatic carbocycles. The van der Waals surface area contributed by atoms with Crippen molar-refractivity contribution in [3.05, 3.63) is 12.2 Å². The average molecular weight is 1190 g/mol. The summed E-state index contributed by atoms with van der Waals surface area (Å²) in [5, 5.41) is 23.1. The van der Waals surface area contributed by atoms with Gasteiger partial charge >= 0.3 is 0 Å². The minimum Gasteiger partial charge on any atom is -0.390 e. The third kappa shape index (κ3) is 20.5. The summed E-state index contributed by atoms with van der Waals surface area (Å²) in [4.78, 5) is 168.